The van der Waals surface area contributed by atoms with Crippen LogP contribution in [-0.4, -0.2) is 34.8 Å². The van der Waals surface area contributed by atoms with Crippen molar-refractivity contribution < 1.29 is 9.59 Å². The zero-order chi connectivity index (χ0) is 14.8. The summed E-state index contributed by atoms with van der Waals surface area (Å²) in [7, 11) is 0. The van der Waals surface area contributed by atoms with Crippen LogP contribution in [0.1, 0.15) is 65.7 Å². The Morgan fingerprint density at radius 1 is 1.15 bits per heavy atom. The summed E-state index contributed by atoms with van der Waals surface area (Å²) in [6.45, 7) is 6.64. The Hall–Kier alpha value is -1.06. The second kappa shape index (κ2) is 6.15. The highest BCUT2D eigenvalue weighted by Crippen LogP contribution is 2.26. The fraction of sp³-hybridized carbons (Fsp3) is 0.875. The molecule has 1 atom stereocenters. The molecule has 2 rings (SSSR count). The molecule has 0 aromatic rings. The van der Waals surface area contributed by atoms with Gasteiger partial charge >= 0.3 is 0 Å². The van der Waals surface area contributed by atoms with Crippen molar-refractivity contribution in [3.8, 4) is 0 Å². The lowest BCUT2D eigenvalue weighted by Crippen LogP contribution is -2.44. The molecular formula is C16H28N2O2. The van der Waals surface area contributed by atoms with Crippen molar-refractivity contribution >= 4 is 11.8 Å². The summed E-state index contributed by atoms with van der Waals surface area (Å²) in [6, 6.07) is 0.323. The molecule has 1 saturated heterocycles. The average molecular weight is 280 g/mol. The molecule has 114 valence electrons. The Labute approximate surface area is 122 Å². The van der Waals surface area contributed by atoms with E-state index in [0.717, 1.165) is 12.8 Å². The Morgan fingerprint density at radius 3 is 2.25 bits per heavy atom. The number of nitrogens with one attached hydrogen (secondary N) is 1. The standard InChI is InChI=1S/C16H28N2O2/c1-16(2,3)18-11-12(10-14(18)19)15(20)17-13-8-6-4-5-7-9-13/h12-13H,4-11H2,1-3H3,(H,17,20)/t12-/m1/s1. The number of hydrogen-bond acceptors (Lipinski definition) is 2. The molecule has 0 radical (unpaired) electrons. The Balaban J connectivity index is 1.89. The maximum absolute atomic E-state index is 12.4. The van der Waals surface area contributed by atoms with Crippen LogP contribution in [0.4, 0.5) is 0 Å². The van der Waals surface area contributed by atoms with Crippen LogP contribution in [0.5, 0.6) is 0 Å². The average Bonchev–Trinajstić information content (AvgIpc) is 2.58. The maximum Gasteiger partial charge on any atom is 0.225 e. The molecule has 1 aliphatic carbocycles. The summed E-state index contributed by atoms with van der Waals surface area (Å²) >= 11 is 0. The highest BCUT2D eigenvalue weighted by molar-refractivity contribution is 5.89. The summed E-state index contributed by atoms with van der Waals surface area (Å²) < 4.78 is 0. The summed E-state index contributed by atoms with van der Waals surface area (Å²) in [5.74, 6) is 0.0282. The monoisotopic (exact) mass is 280 g/mol. The first-order chi connectivity index (χ1) is 9.38. The summed E-state index contributed by atoms with van der Waals surface area (Å²) in [4.78, 5) is 26.2. The highest BCUT2D eigenvalue weighted by Gasteiger charge is 2.39. The van der Waals surface area contributed by atoms with Crippen LogP contribution < -0.4 is 5.32 Å². The number of likely N-dealkylation sites (tertiary alicyclic amines) is 1. The lowest BCUT2D eigenvalue weighted by molar-refractivity contribution is -0.132. The number of nitrogens with zero attached hydrogens (tertiary/aromatic N) is 1. The quantitative estimate of drug-likeness (QED) is 0.790. The lowest BCUT2D eigenvalue weighted by atomic mass is 10.0. The van der Waals surface area contributed by atoms with Gasteiger partial charge in [-0.15, -0.1) is 0 Å². The third-order valence-corrected chi connectivity index (χ3v) is 4.51. The van der Waals surface area contributed by atoms with E-state index in [0.29, 0.717) is 19.0 Å². The minimum absolute atomic E-state index is 0.0806. The zero-order valence-corrected chi connectivity index (χ0v) is 13.1. The molecule has 0 spiro atoms. The van der Waals surface area contributed by atoms with Gasteiger partial charge in [0.25, 0.3) is 0 Å². The molecule has 2 fully saturated rings. The van der Waals surface area contributed by atoms with E-state index in [1.54, 1.807) is 0 Å². The fourth-order valence-electron chi connectivity index (χ4n) is 3.27. The SMILES string of the molecule is CC(C)(C)N1C[C@H](C(=O)NC2CCCCCC2)CC1=O. The van der Waals surface area contributed by atoms with Gasteiger partial charge < -0.3 is 10.2 Å². The van der Waals surface area contributed by atoms with Gasteiger partial charge in [0.15, 0.2) is 0 Å². The van der Waals surface area contributed by atoms with Crippen molar-refractivity contribution in [1.82, 2.24) is 10.2 Å². The van der Waals surface area contributed by atoms with Crippen molar-refractivity contribution in [2.45, 2.75) is 77.3 Å². The molecule has 1 N–H and O–H groups in total. The van der Waals surface area contributed by atoms with Crippen molar-refractivity contribution in [1.29, 1.82) is 0 Å². The Kier molecular flexibility index (Phi) is 4.71. The lowest BCUT2D eigenvalue weighted by Gasteiger charge is -2.32. The largest absolute Gasteiger partial charge is 0.353 e. The van der Waals surface area contributed by atoms with Crippen molar-refractivity contribution in [2.75, 3.05) is 6.54 Å². The van der Waals surface area contributed by atoms with Gasteiger partial charge in [-0.05, 0) is 33.6 Å². The van der Waals surface area contributed by atoms with Crippen LogP contribution in [0, 0.1) is 5.92 Å². The maximum atomic E-state index is 12.4. The number of amides is 2. The van der Waals surface area contributed by atoms with Crippen LogP contribution in [0.25, 0.3) is 0 Å². The number of carbonyl (C=O) groups excluding carboxylic acids is 2. The van der Waals surface area contributed by atoms with Crippen LogP contribution in [0.15, 0.2) is 0 Å². The first kappa shape index (κ1) is 15.3. The van der Waals surface area contributed by atoms with Crippen molar-refractivity contribution in [3.63, 3.8) is 0 Å². The molecule has 0 aromatic heterocycles. The third kappa shape index (κ3) is 3.74. The van der Waals surface area contributed by atoms with E-state index in [2.05, 4.69) is 5.32 Å². The van der Waals surface area contributed by atoms with Gasteiger partial charge in [-0.1, -0.05) is 25.7 Å². The highest BCUT2D eigenvalue weighted by atomic mass is 16.2. The van der Waals surface area contributed by atoms with Crippen LogP contribution in [-0.2, 0) is 9.59 Å². The predicted octanol–water partition coefficient (Wildman–Crippen LogP) is 2.47. The number of rotatable bonds is 2. The second-order valence-corrected chi connectivity index (χ2v) is 7.27. The van der Waals surface area contributed by atoms with E-state index in [9.17, 15) is 9.59 Å². The van der Waals surface area contributed by atoms with Gasteiger partial charge in [0.1, 0.15) is 0 Å². The molecule has 4 heteroatoms. The first-order valence-corrected chi connectivity index (χ1v) is 7.99. The van der Waals surface area contributed by atoms with E-state index in [1.807, 2.05) is 25.7 Å². The van der Waals surface area contributed by atoms with Gasteiger partial charge in [0, 0.05) is 24.5 Å². The fourth-order valence-corrected chi connectivity index (χ4v) is 3.27. The smallest absolute Gasteiger partial charge is 0.225 e. The third-order valence-electron chi connectivity index (χ3n) is 4.51. The van der Waals surface area contributed by atoms with E-state index >= 15 is 0 Å². The number of hydrogen-bond donors (Lipinski definition) is 1. The molecule has 0 unspecified atom stereocenters. The Morgan fingerprint density at radius 2 is 1.75 bits per heavy atom. The van der Waals surface area contributed by atoms with Gasteiger partial charge in [0.05, 0.1) is 5.92 Å². The minimum Gasteiger partial charge on any atom is -0.353 e. The summed E-state index contributed by atoms with van der Waals surface area (Å²) in [5, 5.41) is 3.18. The Bertz CT molecular complexity index is 365. The molecule has 1 aliphatic heterocycles. The van der Waals surface area contributed by atoms with Gasteiger partial charge in [-0.25, -0.2) is 0 Å². The van der Waals surface area contributed by atoms with E-state index in [4.69, 9.17) is 0 Å². The predicted molar refractivity (Wildman–Crippen MR) is 79.2 cm³/mol. The van der Waals surface area contributed by atoms with Crippen LogP contribution in [0.3, 0.4) is 0 Å². The molecule has 2 aliphatic rings. The normalized spacial score (nSPS) is 25.6. The zero-order valence-electron chi connectivity index (χ0n) is 13.1. The summed E-state index contributed by atoms with van der Waals surface area (Å²) in [5.41, 5.74) is -0.186. The van der Waals surface area contributed by atoms with E-state index in [1.165, 1.54) is 25.7 Å². The van der Waals surface area contributed by atoms with Crippen molar-refractivity contribution in [2.24, 2.45) is 5.92 Å². The molecule has 0 bridgehead atoms. The number of carbonyl (C=O) groups is 2. The van der Waals surface area contributed by atoms with Crippen molar-refractivity contribution in [3.05, 3.63) is 0 Å². The minimum atomic E-state index is -0.186. The van der Waals surface area contributed by atoms with E-state index in [-0.39, 0.29) is 23.3 Å². The van der Waals surface area contributed by atoms with E-state index < -0.39 is 0 Å². The molecular weight excluding hydrogens is 252 g/mol. The molecule has 20 heavy (non-hydrogen) atoms. The molecule has 1 heterocycles. The topological polar surface area (TPSA) is 49.4 Å². The molecule has 2 amide bonds. The summed E-state index contributed by atoms with van der Waals surface area (Å²) in [6.07, 6.45) is 7.55. The van der Waals surface area contributed by atoms with Gasteiger partial charge in [-0.2, -0.15) is 0 Å². The molecule has 4 nitrogen and oxygen atoms in total. The first-order valence-electron chi connectivity index (χ1n) is 7.99. The second-order valence-electron chi connectivity index (χ2n) is 7.27. The molecule has 1 saturated carbocycles. The van der Waals surface area contributed by atoms with Gasteiger partial charge in [0.2, 0.25) is 11.8 Å². The van der Waals surface area contributed by atoms with Crippen LogP contribution in [0.2, 0.25) is 0 Å². The van der Waals surface area contributed by atoms with Crippen LogP contribution >= 0.6 is 0 Å². The van der Waals surface area contributed by atoms with Gasteiger partial charge in [-0.3, -0.25) is 9.59 Å². The molecule has 0 aromatic carbocycles.